The molecular weight excluding hydrogens is 408 g/mol. The minimum absolute atomic E-state index is 0.104. The fourth-order valence-corrected chi connectivity index (χ4v) is 3.81. The van der Waals surface area contributed by atoms with Crippen molar-refractivity contribution in [3.05, 3.63) is 64.6 Å². The summed E-state index contributed by atoms with van der Waals surface area (Å²) in [6, 6.07) is 9.21. The van der Waals surface area contributed by atoms with Crippen molar-refractivity contribution in [2.24, 2.45) is 0 Å². The van der Waals surface area contributed by atoms with E-state index in [1.165, 1.54) is 0 Å². The van der Waals surface area contributed by atoms with Crippen LogP contribution in [0.2, 0.25) is 0 Å². The molecule has 0 aliphatic carbocycles. The summed E-state index contributed by atoms with van der Waals surface area (Å²) in [4.78, 5) is 26.9. The first kappa shape index (κ1) is 21.7. The average molecular weight is 437 g/mol. The smallest absolute Gasteiger partial charge is 0.276 e. The van der Waals surface area contributed by atoms with Gasteiger partial charge in [-0.3, -0.25) is 9.59 Å². The number of aromatic nitrogens is 4. The molecule has 1 aliphatic heterocycles. The Morgan fingerprint density at radius 1 is 1.09 bits per heavy atom. The molecule has 0 spiro atoms. The molecule has 0 radical (unpaired) electrons. The number of benzene rings is 1. The van der Waals surface area contributed by atoms with Gasteiger partial charge in [0.05, 0.1) is 0 Å². The molecule has 0 atom stereocenters. The van der Waals surface area contributed by atoms with E-state index in [4.69, 9.17) is 4.52 Å². The maximum atomic E-state index is 12.8. The van der Waals surface area contributed by atoms with Crippen molar-refractivity contribution in [3.8, 4) is 0 Å². The number of fused-ring (bicyclic) bond motifs is 1. The molecule has 0 fully saturated rings. The van der Waals surface area contributed by atoms with Crippen LogP contribution in [0.5, 0.6) is 0 Å². The first-order valence-electron chi connectivity index (χ1n) is 11.1. The van der Waals surface area contributed by atoms with Crippen LogP contribution in [-0.4, -0.2) is 56.3 Å². The zero-order valence-electron chi connectivity index (χ0n) is 18.5. The van der Waals surface area contributed by atoms with Crippen molar-refractivity contribution in [1.29, 1.82) is 0 Å². The molecule has 0 bridgehead atoms. The Labute approximate surface area is 186 Å². The molecule has 9 nitrogen and oxygen atoms in total. The molecular formula is C23H28N6O3. The van der Waals surface area contributed by atoms with Crippen LogP contribution in [0.3, 0.4) is 0 Å². The number of carbonyl (C=O) groups is 2. The van der Waals surface area contributed by atoms with Crippen molar-refractivity contribution in [1.82, 2.24) is 30.1 Å². The molecule has 0 saturated heterocycles. The molecule has 3 aromatic rings. The van der Waals surface area contributed by atoms with Crippen LogP contribution in [0.1, 0.15) is 57.2 Å². The lowest BCUT2D eigenvalue weighted by atomic mass is 10.1. The van der Waals surface area contributed by atoms with Crippen LogP contribution in [0.4, 0.5) is 0 Å². The SMILES string of the molecule is CCCc1cc(C(=O)N2CCc3nnc(CCNC(=O)c4ccc(C)cc4)n3CC2)no1. The van der Waals surface area contributed by atoms with Gasteiger partial charge in [0, 0.05) is 57.1 Å². The van der Waals surface area contributed by atoms with Gasteiger partial charge in [0.15, 0.2) is 5.69 Å². The van der Waals surface area contributed by atoms with Crippen molar-refractivity contribution in [2.45, 2.75) is 46.1 Å². The van der Waals surface area contributed by atoms with Gasteiger partial charge in [-0.25, -0.2) is 0 Å². The van der Waals surface area contributed by atoms with Gasteiger partial charge in [0.2, 0.25) is 0 Å². The molecule has 1 aromatic carbocycles. The van der Waals surface area contributed by atoms with E-state index in [0.29, 0.717) is 50.3 Å². The normalized spacial score (nSPS) is 13.5. The average Bonchev–Trinajstić information content (AvgIpc) is 3.35. The van der Waals surface area contributed by atoms with Gasteiger partial charge in [-0.05, 0) is 25.5 Å². The minimum atomic E-state index is -0.123. The van der Waals surface area contributed by atoms with E-state index in [1.807, 2.05) is 31.2 Å². The van der Waals surface area contributed by atoms with Crippen molar-refractivity contribution < 1.29 is 14.1 Å². The molecule has 4 rings (SSSR count). The molecule has 2 aromatic heterocycles. The Balaban J connectivity index is 1.33. The monoisotopic (exact) mass is 436 g/mol. The molecule has 1 aliphatic rings. The molecule has 2 amide bonds. The Kier molecular flexibility index (Phi) is 6.63. The van der Waals surface area contributed by atoms with Crippen LogP contribution in [0, 0.1) is 6.92 Å². The van der Waals surface area contributed by atoms with Gasteiger partial charge in [-0.15, -0.1) is 10.2 Å². The summed E-state index contributed by atoms with van der Waals surface area (Å²) in [5.74, 6) is 2.17. The minimum Gasteiger partial charge on any atom is -0.361 e. The second kappa shape index (κ2) is 9.76. The predicted molar refractivity (Wildman–Crippen MR) is 117 cm³/mol. The van der Waals surface area contributed by atoms with Gasteiger partial charge in [0.1, 0.15) is 17.4 Å². The first-order chi connectivity index (χ1) is 15.5. The van der Waals surface area contributed by atoms with Crippen molar-refractivity contribution >= 4 is 11.8 Å². The predicted octanol–water partition coefficient (Wildman–Crippen LogP) is 2.20. The summed E-state index contributed by atoms with van der Waals surface area (Å²) in [7, 11) is 0. The molecule has 3 heterocycles. The Morgan fingerprint density at radius 2 is 1.91 bits per heavy atom. The first-order valence-corrected chi connectivity index (χ1v) is 11.1. The maximum absolute atomic E-state index is 12.8. The highest BCUT2D eigenvalue weighted by atomic mass is 16.5. The van der Waals surface area contributed by atoms with E-state index >= 15 is 0 Å². The Hall–Kier alpha value is -3.49. The number of aryl methyl sites for hydroxylation is 2. The third-order valence-electron chi connectivity index (χ3n) is 5.61. The Morgan fingerprint density at radius 3 is 2.69 bits per heavy atom. The van der Waals surface area contributed by atoms with E-state index in [2.05, 4.69) is 32.2 Å². The number of rotatable bonds is 7. The van der Waals surface area contributed by atoms with Gasteiger partial charge in [0.25, 0.3) is 11.8 Å². The van der Waals surface area contributed by atoms with Gasteiger partial charge in [-0.2, -0.15) is 0 Å². The molecule has 32 heavy (non-hydrogen) atoms. The van der Waals surface area contributed by atoms with Gasteiger partial charge < -0.3 is 19.3 Å². The van der Waals surface area contributed by atoms with E-state index in [9.17, 15) is 9.59 Å². The second-order valence-corrected chi connectivity index (χ2v) is 8.03. The summed E-state index contributed by atoms with van der Waals surface area (Å²) in [5, 5.41) is 15.5. The van der Waals surface area contributed by atoms with Gasteiger partial charge in [-0.1, -0.05) is 29.8 Å². The lowest BCUT2D eigenvalue weighted by Gasteiger charge is -2.18. The molecule has 9 heteroatoms. The van der Waals surface area contributed by atoms with Crippen LogP contribution in [0.25, 0.3) is 0 Å². The fraction of sp³-hybridized carbons (Fsp3) is 0.435. The summed E-state index contributed by atoms with van der Waals surface area (Å²) in [6.07, 6.45) is 2.90. The number of nitrogens with zero attached hydrogens (tertiary/aromatic N) is 5. The zero-order valence-corrected chi connectivity index (χ0v) is 18.5. The van der Waals surface area contributed by atoms with E-state index < -0.39 is 0 Å². The number of hydrogen-bond donors (Lipinski definition) is 1. The number of carbonyl (C=O) groups excluding carboxylic acids is 2. The lowest BCUT2D eigenvalue weighted by molar-refractivity contribution is 0.0747. The van der Waals surface area contributed by atoms with Crippen molar-refractivity contribution in [3.63, 3.8) is 0 Å². The highest BCUT2D eigenvalue weighted by Crippen LogP contribution is 2.14. The van der Waals surface area contributed by atoms with Crippen LogP contribution in [0.15, 0.2) is 34.9 Å². The van der Waals surface area contributed by atoms with Crippen LogP contribution < -0.4 is 5.32 Å². The largest absolute Gasteiger partial charge is 0.361 e. The highest BCUT2D eigenvalue weighted by molar-refractivity contribution is 5.94. The molecule has 0 saturated carbocycles. The van der Waals surface area contributed by atoms with Crippen LogP contribution in [-0.2, 0) is 25.8 Å². The number of hydrogen-bond acceptors (Lipinski definition) is 6. The second-order valence-electron chi connectivity index (χ2n) is 8.03. The lowest BCUT2D eigenvalue weighted by Crippen LogP contribution is -2.34. The fourth-order valence-electron chi connectivity index (χ4n) is 3.81. The molecule has 1 N–H and O–H groups in total. The quantitative estimate of drug-likeness (QED) is 0.609. The summed E-state index contributed by atoms with van der Waals surface area (Å²) >= 11 is 0. The zero-order chi connectivity index (χ0) is 22.5. The highest BCUT2D eigenvalue weighted by Gasteiger charge is 2.24. The van der Waals surface area contributed by atoms with E-state index in [-0.39, 0.29) is 11.8 Å². The maximum Gasteiger partial charge on any atom is 0.276 e. The third kappa shape index (κ3) is 4.87. The van der Waals surface area contributed by atoms with Gasteiger partial charge >= 0.3 is 0 Å². The number of amides is 2. The van der Waals surface area contributed by atoms with Crippen LogP contribution >= 0.6 is 0 Å². The molecule has 0 unspecified atom stereocenters. The van der Waals surface area contributed by atoms with E-state index in [0.717, 1.165) is 35.8 Å². The summed E-state index contributed by atoms with van der Waals surface area (Å²) in [5.41, 5.74) is 2.11. The summed E-state index contributed by atoms with van der Waals surface area (Å²) < 4.78 is 7.31. The summed E-state index contributed by atoms with van der Waals surface area (Å²) in [6.45, 7) is 6.21. The van der Waals surface area contributed by atoms with Crippen molar-refractivity contribution in [2.75, 3.05) is 19.6 Å². The third-order valence-corrected chi connectivity index (χ3v) is 5.61. The Bertz CT molecular complexity index is 1090. The topological polar surface area (TPSA) is 106 Å². The molecule has 168 valence electrons. The van der Waals surface area contributed by atoms with E-state index in [1.54, 1.807) is 11.0 Å². The standard InChI is InChI=1S/C23H28N6O3/c1-3-4-18-15-19(27-32-18)23(31)28-12-10-21-26-25-20(29(21)14-13-28)9-11-24-22(30)17-7-5-16(2)6-8-17/h5-8,15H,3-4,9-14H2,1-2H3,(H,24,30). The number of nitrogens with one attached hydrogen (secondary N) is 1.